The van der Waals surface area contributed by atoms with Crippen LogP contribution in [0.3, 0.4) is 0 Å². The van der Waals surface area contributed by atoms with Gasteiger partial charge in [-0.25, -0.2) is 0 Å². The Hall–Kier alpha value is -1.17. The van der Waals surface area contributed by atoms with Crippen molar-refractivity contribution in [2.24, 2.45) is 5.84 Å². The Morgan fingerprint density at radius 3 is 2.62 bits per heavy atom. The zero-order chi connectivity index (χ0) is 15.6. The summed E-state index contributed by atoms with van der Waals surface area (Å²) in [6.07, 6.45) is 0.801. The first kappa shape index (κ1) is 16.2. The third-order valence-electron chi connectivity index (χ3n) is 3.85. The Morgan fingerprint density at radius 2 is 2.05 bits per heavy atom. The lowest BCUT2D eigenvalue weighted by atomic mass is 9.96. The van der Waals surface area contributed by atoms with Crippen molar-refractivity contribution in [3.63, 3.8) is 0 Å². The first-order valence-corrected chi connectivity index (χ1v) is 8.02. The fourth-order valence-electron chi connectivity index (χ4n) is 2.73. The molecule has 0 aliphatic carbocycles. The first-order chi connectivity index (χ1) is 9.97. The highest BCUT2D eigenvalue weighted by Crippen LogP contribution is 2.28. The fourth-order valence-corrected chi connectivity index (χ4v) is 3.18. The second kappa shape index (κ2) is 6.73. The average Bonchev–Trinajstić information content (AvgIpc) is 2.72. The summed E-state index contributed by atoms with van der Waals surface area (Å²) in [5.41, 5.74) is 8.91. The number of nitrogens with two attached hydrogens (primary N) is 1. The molecule has 5 heteroatoms. The summed E-state index contributed by atoms with van der Waals surface area (Å²) in [5.74, 6) is 5.81. The molecule has 0 fully saturated rings. The second-order valence-electron chi connectivity index (χ2n) is 5.45. The van der Waals surface area contributed by atoms with Crippen molar-refractivity contribution in [3.05, 3.63) is 50.8 Å². The van der Waals surface area contributed by atoms with Crippen molar-refractivity contribution in [1.82, 2.24) is 15.2 Å². The maximum absolute atomic E-state index is 5.81. The predicted molar refractivity (Wildman–Crippen MR) is 90.0 cm³/mol. The minimum atomic E-state index is 0.0725. The van der Waals surface area contributed by atoms with E-state index in [1.165, 1.54) is 22.4 Å². The molecule has 2 aromatic rings. The number of nitrogens with zero attached hydrogens (tertiary/aromatic N) is 2. The molecule has 114 valence electrons. The van der Waals surface area contributed by atoms with Gasteiger partial charge in [-0.15, -0.1) is 0 Å². The number of aromatic nitrogens is 2. The van der Waals surface area contributed by atoms with Gasteiger partial charge in [0.25, 0.3) is 0 Å². The van der Waals surface area contributed by atoms with Gasteiger partial charge in [0.05, 0.1) is 21.9 Å². The van der Waals surface area contributed by atoms with Crippen LogP contribution in [0, 0.1) is 20.8 Å². The Kier molecular flexibility index (Phi) is 5.19. The van der Waals surface area contributed by atoms with Gasteiger partial charge in [0.1, 0.15) is 0 Å². The van der Waals surface area contributed by atoms with Crippen molar-refractivity contribution >= 4 is 15.9 Å². The zero-order valence-electron chi connectivity index (χ0n) is 13.1. The lowest BCUT2D eigenvalue weighted by Crippen LogP contribution is -2.31. The van der Waals surface area contributed by atoms with E-state index in [0.717, 1.165) is 23.1 Å². The molecule has 1 aromatic carbocycles. The van der Waals surface area contributed by atoms with Crippen molar-refractivity contribution in [2.45, 2.75) is 46.7 Å². The molecular formula is C16H23BrN4. The average molecular weight is 351 g/mol. The van der Waals surface area contributed by atoms with Crippen molar-refractivity contribution in [2.75, 3.05) is 0 Å². The number of benzene rings is 1. The fraction of sp³-hybridized carbons (Fsp3) is 0.438. The van der Waals surface area contributed by atoms with Gasteiger partial charge in [-0.3, -0.25) is 16.0 Å². The molecule has 0 aliphatic heterocycles. The summed E-state index contributed by atoms with van der Waals surface area (Å²) >= 11 is 3.65. The maximum Gasteiger partial charge on any atom is 0.0738 e. The largest absolute Gasteiger partial charge is 0.271 e. The molecule has 0 bridgehead atoms. The molecule has 1 heterocycles. The van der Waals surface area contributed by atoms with Crippen LogP contribution in [0.2, 0.25) is 0 Å². The van der Waals surface area contributed by atoms with Gasteiger partial charge in [0.15, 0.2) is 0 Å². The van der Waals surface area contributed by atoms with Gasteiger partial charge in [-0.1, -0.05) is 23.8 Å². The molecule has 21 heavy (non-hydrogen) atoms. The van der Waals surface area contributed by atoms with Gasteiger partial charge in [-0.2, -0.15) is 5.10 Å². The van der Waals surface area contributed by atoms with Crippen LogP contribution in [0.1, 0.15) is 41.0 Å². The molecule has 0 amide bonds. The number of halogens is 1. The SMILES string of the molecule is CCn1nc(C)c(Br)c1CC(NN)c1ccc(C)cc1C. The molecule has 3 N–H and O–H groups in total. The van der Waals surface area contributed by atoms with Crippen LogP contribution < -0.4 is 11.3 Å². The third-order valence-corrected chi connectivity index (χ3v) is 4.88. The number of hydrogen-bond donors (Lipinski definition) is 2. The normalized spacial score (nSPS) is 12.7. The Bertz CT molecular complexity index is 633. The molecule has 4 nitrogen and oxygen atoms in total. The van der Waals surface area contributed by atoms with E-state index in [-0.39, 0.29) is 6.04 Å². The Labute approximate surface area is 134 Å². The number of aryl methyl sites for hydroxylation is 4. The molecule has 1 aromatic heterocycles. The maximum atomic E-state index is 5.81. The van der Waals surface area contributed by atoms with E-state index < -0.39 is 0 Å². The Balaban J connectivity index is 2.35. The van der Waals surface area contributed by atoms with Crippen LogP contribution in [0.4, 0.5) is 0 Å². The molecule has 0 radical (unpaired) electrons. The summed E-state index contributed by atoms with van der Waals surface area (Å²) in [7, 11) is 0. The van der Waals surface area contributed by atoms with Crippen LogP contribution in [0.15, 0.2) is 22.7 Å². The quantitative estimate of drug-likeness (QED) is 0.642. The summed E-state index contributed by atoms with van der Waals surface area (Å²) < 4.78 is 3.11. The van der Waals surface area contributed by atoms with Crippen LogP contribution in [-0.2, 0) is 13.0 Å². The summed E-state index contributed by atoms with van der Waals surface area (Å²) in [4.78, 5) is 0. The molecule has 2 rings (SSSR count). The van der Waals surface area contributed by atoms with E-state index in [0.29, 0.717) is 0 Å². The van der Waals surface area contributed by atoms with Gasteiger partial charge < -0.3 is 0 Å². The van der Waals surface area contributed by atoms with Crippen LogP contribution in [0.5, 0.6) is 0 Å². The molecule has 0 saturated carbocycles. The van der Waals surface area contributed by atoms with Crippen molar-refractivity contribution in [3.8, 4) is 0 Å². The van der Waals surface area contributed by atoms with Crippen LogP contribution >= 0.6 is 15.9 Å². The highest BCUT2D eigenvalue weighted by molar-refractivity contribution is 9.10. The summed E-state index contributed by atoms with van der Waals surface area (Å²) in [6.45, 7) is 9.20. The molecule has 1 unspecified atom stereocenters. The predicted octanol–water partition coefficient (Wildman–Crippen LogP) is 3.34. The minimum Gasteiger partial charge on any atom is -0.271 e. The van der Waals surface area contributed by atoms with Crippen molar-refractivity contribution in [1.29, 1.82) is 0 Å². The Morgan fingerprint density at radius 1 is 1.33 bits per heavy atom. The van der Waals surface area contributed by atoms with Crippen LogP contribution in [-0.4, -0.2) is 9.78 Å². The lowest BCUT2D eigenvalue weighted by molar-refractivity contribution is 0.514. The highest BCUT2D eigenvalue weighted by atomic mass is 79.9. The highest BCUT2D eigenvalue weighted by Gasteiger charge is 2.19. The van der Waals surface area contributed by atoms with E-state index in [2.05, 4.69) is 65.4 Å². The topological polar surface area (TPSA) is 55.9 Å². The van der Waals surface area contributed by atoms with E-state index >= 15 is 0 Å². The van der Waals surface area contributed by atoms with E-state index in [1.807, 2.05) is 11.6 Å². The monoisotopic (exact) mass is 350 g/mol. The molecule has 0 aliphatic rings. The van der Waals surface area contributed by atoms with Crippen LogP contribution in [0.25, 0.3) is 0 Å². The smallest absolute Gasteiger partial charge is 0.0738 e. The van der Waals surface area contributed by atoms with Gasteiger partial charge in [0.2, 0.25) is 0 Å². The van der Waals surface area contributed by atoms with E-state index in [4.69, 9.17) is 5.84 Å². The zero-order valence-corrected chi connectivity index (χ0v) is 14.7. The number of hydrogen-bond acceptors (Lipinski definition) is 3. The second-order valence-corrected chi connectivity index (χ2v) is 6.24. The third kappa shape index (κ3) is 3.36. The van der Waals surface area contributed by atoms with Crippen molar-refractivity contribution < 1.29 is 0 Å². The first-order valence-electron chi connectivity index (χ1n) is 7.23. The van der Waals surface area contributed by atoms with E-state index in [1.54, 1.807) is 0 Å². The van der Waals surface area contributed by atoms with Gasteiger partial charge in [0, 0.05) is 13.0 Å². The molecular weight excluding hydrogens is 328 g/mol. The molecule has 0 spiro atoms. The molecule has 0 saturated heterocycles. The molecule has 1 atom stereocenters. The minimum absolute atomic E-state index is 0.0725. The standard InChI is InChI=1S/C16H23BrN4/c1-5-21-15(16(17)12(4)20-21)9-14(19-18)13-7-6-10(2)8-11(13)3/h6-8,14,19H,5,9,18H2,1-4H3. The summed E-state index contributed by atoms with van der Waals surface area (Å²) in [5, 5.41) is 4.55. The van der Waals surface area contributed by atoms with Gasteiger partial charge in [-0.05, 0) is 54.8 Å². The summed E-state index contributed by atoms with van der Waals surface area (Å²) in [6, 6.07) is 6.55. The lowest BCUT2D eigenvalue weighted by Gasteiger charge is -2.20. The number of hydrazine groups is 1. The van der Waals surface area contributed by atoms with E-state index in [9.17, 15) is 0 Å². The number of nitrogens with one attached hydrogen (secondary N) is 1. The number of rotatable bonds is 5. The van der Waals surface area contributed by atoms with Gasteiger partial charge >= 0.3 is 0 Å².